The second kappa shape index (κ2) is 8.83. The summed E-state index contributed by atoms with van der Waals surface area (Å²) in [6.45, 7) is 2.12. The van der Waals surface area contributed by atoms with E-state index in [-0.39, 0.29) is 12.0 Å². The molecule has 2 N–H and O–H groups in total. The smallest absolute Gasteiger partial charge is 0.249 e. The number of ether oxygens (including phenoxy) is 1. The van der Waals surface area contributed by atoms with E-state index in [4.69, 9.17) is 10.5 Å². The zero-order chi connectivity index (χ0) is 18.5. The summed E-state index contributed by atoms with van der Waals surface area (Å²) in [5, 5.41) is 0. The van der Waals surface area contributed by atoms with E-state index in [2.05, 4.69) is 53.2 Å². The van der Waals surface area contributed by atoms with Crippen molar-refractivity contribution in [3.05, 3.63) is 70.8 Å². The van der Waals surface area contributed by atoms with Gasteiger partial charge in [-0.3, -0.25) is 4.79 Å². The number of benzene rings is 2. The largest absolute Gasteiger partial charge is 0.367 e. The average Bonchev–Trinajstić information content (AvgIpc) is 3.42. The molecule has 1 aliphatic rings. The number of rotatable bonds is 9. The maximum absolute atomic E-state index is 11.3. The fraction of sp³-hybridized carbons (Fsp3) is 0.409. The monoisotopic (exact) mass is 415 g/mol. The highest BCUT2D eigenvalue weighted by molar-refractivity contribution is 9.09. The van der Waals surface area contributed by atoms with Gasteiger partial charge in [-0.05, 0) is 49.3 Å². The lowest BCUT2D eigenvalue weighted by Crippen LogP contribution is -2.18. The molecule has 1 fully saturated rings. The fourth-order valence-corrected chi connectivity index (χ4v) is 4.07. The van der Waals surface area contributed by atoms with Gasteiger partial charge in [0.25, 0.3) is 0 Å². The average molecular weight is 416 g/mol. The molecule has 1 amide bonds. The number of hydrogen-bond acceptors (Lipinski definition) is 2. The highest BCUT2D eigenvalue weighted by Crippen LogP contribution is 2.40. The van der Waals surface area contributed by atoms with Crippen molar-refractivity contribution in [2.75, 3.05) is 0 Å². The minimum atomic E-state index is -0.447. The summed E-state index contributed by atoms with van der Waals surface area (Å²) in [5.41, 5.74) is 10.4. The molecule has 3 atom stereocenters. The Morgan fingerprint density at radius 2 is 1.88 bits per heavy atom. The summed E-state index contributed by atoms with van der Waals surface area (Å²) in [5.74, 6) is -0.372. The quantitative estimate of drug-likeness (QED) is 0.368. The Balaban J connectivity index is 1.44. The van der Waals surface area contributed by atoms with E-state index in [1.165, 1.54) is 23.1 Å². The van der Waals surface area contributed by atoms with Gasteiger partial charge >= 0.3 is 0 Å². The van der Waals surface area contributed by atoms with Gasteiger partial charge in [0.15, 0.2) is 6.10 Å². The number of alkyl halides is 1. The first-order valence-corrected chi connectivity index (χ1v) is 10.2. The van der Waals surface area contributed by atoms with Gasteiger partial charge in [-0.15, -0.1) is 0 Å². The normalized spacial score (nSPS) is 19.9. The molecule has 1 unspecified atom stereocenters. The minimum absolute atomic E-state index is 0.144. The van der Waals surface area contributed by atoms with Crippen LogP contribution in [0.5, 0.6) is 0 Å². The number of nitrogens with two attached hydrogens (primary N) is 1. The molecule has 1 heterocycles. The summed E-state index contributed by atoms with van der Waals surface area (Å²) < 4.78 is 5.44. The predicted molar refractivity (Wildman–Crippen MR) is 108 cm³/mol. The van der Waals surface area contributed by atoms with Gasteiger partial charge in [0, 0.05) is 4.83 Å². The summed E-state index contributed by atoms with van der Waals surface area (Å²) >= 11 is 3.82. The first-order valence-electron chi connectivity index (χ1n) is 9.27. The number of carbonyl (C=O) groups is 1. The molecule has 0 radical (unpaired) electrons. The maximum atomic E-state index is 11.3. The van der Waals surface area contributed by atoms with Gasteiger partial charge in [-0.1, -0.05) is 76.4 Å². The zero-order valence-electron chi connectivity index (χ0n) is 15.2. The summed E-state index contributed by atoms with van der Waals surface area (Å²) in [4.78, 5) is 11.8. The van der Waals surface area contributed by atoms with Crippen LogP contribution in [0.25, 0.3) is 0 Å². The number of halogens is 1. The van der Waals surface area contributed by atoms with Crippen LogP contribution < -0.4 is 5.73 Å². The third-order valence-corrected chi connectivity index (χ3v) is 5.71. The molecular formula is C22H26BrNO2. The van der Waals surface area contributed by atoms with E-state index in [0.29, 0.717) is 4.83 Å². The first-order chi connectivity index (χ1) is 12.5. The number of hydrogen-bond donors (Lipinski definition) is 1. The van der Waals surface area contributed by atoms with Crippen LogP contribution in [0.15, 0.2) is 48.5 Å². The SMILES string of the molecule is Cc1ccc(CC(Br)CCCCc2ccccc2[C@@H]2O[C@H]2C(N)=O)cc1. The Labute approximate surface area is 164 Å². The van der Waals surface area contributed by atoms with Gasteiger partial charge in [0.05, 0.1) is 0 Å². The van der Waals surface area contributed by atoms with Gasteiger partial charge in [-0.25, -0.2) is 0 Å². The Morgan fingerprint density at radius 3 is 2.58 bits per heavy atom. The highest BCUT2D eigenvalue weighted by Gasteiger charge is 2.45. The molecule has 0 aromatic heterocycles. The van der Waals surface area contributed by atoms with Crippen molar-refractivity contribution in [1.29, 1.82) is 0 Å². The second-order valence-electron chi connectivity index (χ2n) is 7.11. The molecule has 1 saturated heterocycles. The van der Waals surface area contributed by atoms with Crippen LogP contribution >= 0.6 is 15.9 Å². The Kier molecular flexibility index (Phi) is 6.49. The molecule has 4 heteroatoms. The van der Waals surface area contributed by atoms with Crippen molar-refractivity contribution in [2.45, 2.75) is 56.1 Å². The van der Waals surface area contributed by atoms with Crippen molar-refractivity contribution in [1.82, 2.24) is 0 Å². The lowest BCUT2D eigenvalue weighted by Gasteiger charge is -2.11. The summed E-state index contributed by atoms with van der Waals surface area (Å²) in [7, 11) is 0. The molecule has 2 aromatic rings. The Bertz CT molecular complexity index is 744. The van der Waals surface area contributed by atoms with Crippen LogP contribution in [-0.4, -0.2) is 16.8 Å². The molecule has 2 aromatic carbocycles. The number of primary amides is 1. The molecule has 0 aliphatic carbocycles. The standard InChI is InChI=1S/C22H26BrNO2/c1-15-10-12-16(13-11-15)14-18(23)8-4-2-6-17-7-3-5-9-19(17)20-21(26-20)22(24)25/h3,5,7,9-13,18,20-21H,2,4,6,8,14H2,1H3,(H2,24,25)/t18?,20-,21+/m0/s1. The predicted octanol–water partition coefficient (Wildman–Crippen LogP) is 4.64. The summed E-state index contributed by atoms with van der Waals surface area (Å²) in [6, 6.07) is 17.0. The van der Waals surface area contributed by atoms with E-state index in [1.54, 1.807) is 0 Å². The van der Waals surface area contributed by atoms with E-state index in [9.17, 15) is 4.79 Å². The molecule has 1 aliphatic heterocycles. The van der Waals surface area contributed by atoms with E-state index in [1.807, 2.05) is 18.2 Å². The second-order valence-corrected chi connectivity index (χ2v) is 8.41. The molecule has 0 spiro atoms. The van der Waals surface area contributed by atoms with Gasteiger partial charge in [0.1, 0.15) is 6.10 Å². The summed E-state index contributed by atoms with van der Waals surface area (Å²) in [6.07, 6.45) is 4.92. The molecule has 0 saturated carbocycles. The van der Waals surface area contributed by atoms with Crippen LogP contribution in [0.4, 0.5) is 0 Å². The van der Waals surface area contributed by atoms with E-state index < -0.39 is 6.10 Å². The lowest BCUT2D eigenvalue weighted by atomic mass is 9.97. The number of epoxide rings is 1. The number of amides is 1. The molecule has 3 rings (SSSR count). The number of carbonyl (C=O) groups excluding carboxylic acids is 1. The molecule has 3 nitrogen and oxygen atoms in total. The van der Waals surface area contributed by atoms with Crippen molar-refractivity contribution < 1.29 is 9.53 Å². The van der Waals surface area contributed by atoms with Crippen LogP contribution in [0, 0.1) is 6.92 Å². The number of aryl methyl sites for hydroxylation is 2. The molecular weight excluding hydrogens is 390 g/mol. The lowest BCUT2D eigenvalue weighted by molar-refractivity contribution is -0.119. The third-order valence-electron chi connectivity index (χ3n) is 4.92. The Hall–Kier alpha value is -1.65. The van der Waals surface area contributed by atoms with Gasteiger partial charge < -0.3 is 10.5 Å². The van der Waals surface area contributed by atoms with Crippen molar-refractivity contribution in [2.24, 2.45) is 5.73 Å². The third kappa shape index (κ3) is 5.18. The van der Waals surface area contributed by atoms with Crippen molar-refractivity contribution in [3.63, 3.8) is 0 Å². The van der Waals surface area contributed by atoms with Crippen LogP contribution in [0.1, 0.15) is 47.6 Å². The fourth-order valence-electron chi connectivity index (χ4n) is 3.37. The number of unbranched alkanes of at least 4 members (excludes halogenated alkanes) is 1. The molecule has 0 bridgehead atoms. The topological polar surface area (TPSA) is 55.6 Å². The van der Waals surface area contributed by atoms with Crippen LogP contribution in [0.2, 0.25) is 0 Å². The highest BCUT2D eigenvalue weighted by atomic mass is 79.9. The van der Waals surface area contributed by atoms with E-state index >= 15 is 0 Å². The Morgan fingerprint density at radius 1 is 1.15 bits per heavy atom. The maximum Gasteiger partial charge on any atom is 0.249 e. The van der Waals surface area contributed by atoms with Crippen molar-refractivity contribution in [3.8, 4) is 0 Å². The first kappa shape index (κ1) is 19.1. The van der Waals surface area contributed by atoms with Crippen LogP contribution in [0.3, 0.4) is 0 Å². The van der Waals surface area contributed by atoms with E-state index in [0.717, 1.165) is 31.2 Å². The molecule has 26 heavy (non-hydrogen) atoms. The van der Waals surface area contributed by atoms with Gasteiger partial charge in [-0.2, -0.15) is 0 Å². The van der Waals surface area contributed by atoms with Gasteiger partial charge in [0.2, 0.25) is 5.91 Å². The molecule has 138 valence electrons. The zero-order valence-corrected chi connectivity index (χ0v) is 16.7. The van der Waals surface area contributed by atoms with Crippen LogP contribution in [-0.2, 0) is 22.4 Å². The van der Waals surface area contributed by atoms with Crippen molar-refractivity contribution >= 4 is 21.8 Å². The minimum Gasteiger partial charge on any atom is -0.367 e.